The molecule has 0 fully saturated rings. The van der Waals surface area contributed by atoms with E-state index in [1.54, 1.807) is 12.1 Å². The third-order valence-electron chi connectivity index (χ3n) is 2.23. The van der Waals surface area contributed by atoms with Crippen molar-refractivity contribution in [3.05, 3.63) is 41.9 Å². The van der Waals surface area contributed by atoms with Gasteiger partial charge in [-0.05, 0) is 18.1 Å². The fourth-order valence-corrected chi connectivity index (χ4v) is 1.20. The van der Waals surface area contributed by atoms with Gasteiger partial charge in [0.15, 0.2) is 0 Å². The summed E-state index contributed by atoms with van der Waals surface area (Å²) >= 11 is 0. The van der Waals surface area contributed by atoms with E-state index in [1.165, 1.54) is 0 Å². The zero-order valence-electron chi connectivity index (χ0n) is 9.05. The molecule has 0 aliphatic heterocycles. The number of rotatable bonds is 5. The average Bonchev–Trinajstić information content (AvgIpc) is 2.24. The zero-order chi connectivity index (χ0) is 12.2. The minimum absolute atomic E-state index is 0.492. The first kappa shape index (κ1) is 12.7. The molecule has 0 aromatic heterocycles. The van der Waals surface area contributed by atoms with E-state index in [9.17, 15) is 12.9 Å². The Morgan fingerprint density at radius 2 is 1.94 bits per heavy atom. The number of benzene rings is 1. The Balaban J connectivity index is 2.65. The predicted molar refractivity (Wildman–Crippen MR) is 59.5 cm³/mol. The van der Waals surface area contributed by atoms with E-state index in [0.717, 1.165) is 12.0 Å². The summed E-state index contributed by atoms with van der Waals surface area (Å²) in [6, 6.07) is 7.05. The van der Waals surface area contributed by atoms with E-state index in [2.05, 4.69) is 6.58 Å². The molecule has 5 heteroatoms. The van der Waals surface area contributed by atoms with Gasteiger partial charge in [0.1, 0.15) is 5.75 Å². The molecular formula is C11H13BF3O-. The van der Waals surface area contributed by atoms with Gasteiger partial charge in [0.05, 0.1) is 6.61 Å². The zero-order valence-corrected chi connectivity index (χ0v) is 9.05. The molecule has 0 saturated heterocycles. The Hall–Kier alpha value is -1.39. The highest BCUT2D eigenvalue weighted by atomic mass is 19.4. The molecule has 0 unspecified atom stereocenters. The number of para-hydroxylation sites is 1. The standard InChI is InChI=1S/C11H13BF3O/c1-3-10-6-4-5-7-11(10)16-8-9(2)12(13,14)15/h4-7H,2-3,8H2,1H3/q-1. The highest BCUT2D eigenvalue weighted by molar-refractivity contribution is 6.66. The molecule has 0 atom stereocenters. The number of ether oxygens (including phenoxy) is 1. The van der Waals surface area contributed by atoms with Crippen molar-refractivity contribution >= 4 is 6.98 Å². The van der Waals surface area contributed by atoms with Crippen molar-refractivity contribution in [1.82, 2.24) is 0 Å². The summed E-state index contributed by atoms with van der Waals surface area (Å²) in [5.41, 5.74) is 0.0795. The SMILES string of the molecule is C=C(COc1ccccc1CC)[B-](F)(F)F. The summed E-state index contributed by atoms with van der Waals surface area (Å²) in [5.74, 6) is 0.492. The van der Waals surface area contributed by atoms with E-state index < -0.39 is 19.1 Å². The first-order valence-corrected chi connectivity index (χ1v) is 5.03. The van der Waals surface area contributed by atoms with Crippen LogP contribution in [0.5, 0.6) is 5.75 Å². The first-order valence-electron chi connectivity index (χ1n) is 5.03. The van der Waals surface area contributed by atoms with Crippen molar-refractivity contribution in [3.63, 3.8) is 0 Å². The van der Waals surface area contributed by atoms with Gasteiger partial charge < -0.3 is 17.7 Å². The van der Waals surface area contributed by atoms with Gasteiger partial charge >= 0.3 is 6.98 Å². The van der Waals surface area contributed by atoms with Gasteiger partial charge in [-0.25, -0.2) is 0 Å². The van der Waals surface area contributed by atoms with Crippen molar-refractivity contribution in [2.45, 2.75) is 13.3 Å². The molecule has 0 aliphatic rings. The van der Waals surface area contributed by atoms with Crippen molar-refractivity contribution in [1.29, 1.82) is 0 Å². The monoisotopic (exact) mass is 229 g/mol. The van der Waals surface area contributed by atoms with Crippen molar-refractivity contribution in [3.8, 4) is 5.75 Å². The van der Waals surface area contributed by atoms with Crippen LogP contribution >= 0.6 is 0 Å². The van der Waals surface area contributed by atoms with Gasteiger partial charge in [0.25, 0.3) is 0 Å². The molecule has 0 aliphatic carbocycles. The molecule has 1 nitrogen and oxygen atoms in total. The maximum atomic E-state index is 12.2. The van der Waals surface area contributed by atoms with Crippen molar-refractivity contribution < 1.29 is 17.7 Å². The topological polar surface area (TPSA) is 9.23 Å². The van der Waals surface area contributed by atoms with Crippen LogP contribution in [0, 0.1) is 0 Å². The number of hydrogen-bond donors (Lipinski definition) is 0. The Morgan fingerprint density at radius 3 is 2.50 bits per heavy atom. The van der Waals surface area contributed by atoms with E-state index >= 15 is 0 Å². The van der Waals surface area contributed by atoms with Gasteiger partial charge in [-0.1, -0.05) is 25.1 Å². The Labute approximate surface area is 93.0 Å². The number of hydrogen-bond acceptors (Lipinski definition) is 1. The summed E-state index contributed by atoms with van der Waals surface area (Å²) in [6.45, 7) is -0.610. The maximum Gasteiger partial charge on any atom is 0.508 e. The second-order valence-electron chi connectivity index (χ2n) is 3.48. The molecule has 16 heavy (non-hydrogen) atoms. The lowest BCUT2D eigenvalue weighted by atomic mass is 9.81. The fourth-order valence-electron chi connectivity index (χ4n) is 1.20. The second-order valence-corrected chi connectivity index (χ2v) is 3.48. The lowest BCUT2D eigenvalue weighted by Gasteiger charge is -2.19. The Morgan fingerprint density at radius 1 is 1.31 bits per heavy atom. The van der Waals surface area contributed by atoms with Gasteiger partial charge in [-0.3, -0.25) is 0 Å². The smallest absolute Gasteiger partial charge is 0.492 e. The third kappa shape index (κ3) is 3.33. The third-order valence-corrected chi connectivity index (χ3v) is 2.23. The summed E-state index contributed by atoms with van der Waals surface area (Å²) in [5, 5.41) is 0. The summed E-state index contributed by atoms with van der Waals surface area (Å²) in [4.78, 5) is 0. The average molecular weight is 229 g/mol. The summed E-state index contributed by atoms with van der Waals surface area (Å²) in [6.07, 6.45) is 0.722. The van der Waals surface area contributed by atoms with E-state index in [0.29, 0.717) is 5.75 Å². The largest absolute Gasteiger partial charge is 0.508 e. The lowest BCUT2D eigenvalue weighted by molar-refractivity contribution is 0.343. The van der Waals surface area contributed by atoms with Crippen molar-refractivity contribution in [2.24, 2.45) is 0 Å². The van der Waals surface area contributed by atoms with E-state index in [-0.39, 0.29) is 0 Å². The molecule has 0 amide bonds. The van der Waals surface area contributed by atoms with Crippen LogP contribution in [0.2, 0.25) is 0 Å². The molecule has 0 spiro atoms. The second kappa shape index (κ2) is 5.10. The molecule has 0 radical (unpaired) electrons. The number of aryl methyl sites for hydroxylation is 1. The highest BCUT2D eigenvalue weighted by Crippen LogP contribution is 2.22. The molecule has 0 heterocycles. The molecule has 0 bridgehead atoms. The maximum absolute atomic E-state index is 12.2. The normalized spacial score (nSPS) is 11.2. The molecule has 88 valence electrons. The fraction of sp³-hybridized carbons (Fsp3) is 0.273. The van der Waals surface area contributed by atoms with Crippen LogP contribution in [-0.4, -0.2) is 13.6 Å². The highest BCUT2D eigenvalue weighted by Gasteiger charge is 2.26. The van der Waals surface area contributed by atoms with Crippen LogP contribution in [0.1, 0.15) is 12.5 Å². The van der Waals surface area contributed by atoms with Gasteiger partial charge in [-0.2, -0.15) is 0 Å². The van der Waals surface area contributed by atoms with E-state index in [4.69, 9.17) is 4.74 Å². The van der Waals surface area contributed by atoms with Crippen LogP contribution in [0.15, 0.2) is 36.3 Å². The van der Waals surface area contributed by atoms with Crippen LogP contribution in [0.4, 0.5) is 12.9 Å². The lowest BCUT2D eigenvalue weighted by Crippen LogP contribution is -2.23. The van der Waals surface area contributed by atoms with Crippen molar-refractivity contribution in [2.75, 3.05) is 6.61 Å². The predicted octanol–water partition coefficient (Wildman–Crippen LogP) is 3.57. The number of halogens is 3. The molecule has 1 aromatic carbocycles. The first-order chi connectivity index (χ1) is 7.45. The molecule has 0 saturated carbocycles. The summed E-state index contributed by atoms with van der Waals surface area (Å²) < 4.78 is 41.8. The minimum Gasteiger partial charge on any atom is -0.492 e. The van der Waals surface area contributed by atoms with Crippen LogP contribution in [0.3, 0.4) is 0 Å². The van der Waals surface area contributed by atoms with Crippen LogP contribution in [-0.2, 0) is 6.42 Å². The molecule has 1 rings (SSSR count). The summed E-state index contributed by atoms with van der Waals surface area (Å²) in [7, 11) is 0. The molecule has 0 N–H and O–H groups in total. The molecular weight excluding hydrogens is 216 g/mol. The minimum atomic E-state index is -5.01. The van der Waals surface area contributed by atoms with E-state index in [1.807, 2.05) is 19.1 Å². The quantitative estimate of drug-likeness (QED) is 0.701. The Bertz CT molecular complexity index is 374. The van der Waals surface area contributed by atoms with Crippen LogP contribution < -0.4 is 4.74 Å². The van der Waals surface area contributed by atoms with Gasteiger partial charge in [-0.15, -0.1) is 12.1 Å². The van der Waals surface area contributed by atoms with Crippen LogP contribution in [0.25, 0.3) is 0 Å². The Kier molecular flexibility index (Phi) is 4.04. The molecule has 1 aromatic rings. The van der Waals surface area contributed by atoms with Gasteiger partial charge in [0.2, 0.25) is 0 Å². The van der Waals surface area contributed by atoms with Gasteiger partial charge in [0, 0.05) is 0 Å².